The van der Waals surface area contributed by atoms with E-state index in [9.17, 15) is 9.18 Å². The van der Waals surface area contributed by atoms with Gasteiger partial charge in [0, 0.05) is 5.56 Å². The Bertz CT molecular complexity index is 570. The Morgan fingerprint density at radius 1 is 1.16 bits per heavy atom. The number of hydrogen-bond donors (Lipinski definition) is 1. The normalized spacial score (nSPS) is 11.5. The largest absolute Gasteiger partial charge is 2.00 e. The van der Waals surface area contributed by atoms with Crippen LogP contribution in [0.5, 0.6) is 0 Å². The molecule has 0 radical (unpaired) electrons. The zero-order valence-corrected chi connectivity index (χ0v) is 12.8. The van der Waals surface area contributed by atoms with E-state index in [-0.39, 0.29) is 37.7 Å². The van der Waals surface area contributed by atoms with Crippen molar-refractivity contribution in [3.8, 4) is 11.1 Å². The van der Waals surface area contributed by atoms with E-state index in [4.69, 9.17) is 5.11 Å². The van der Waals surface area contributed by atoms with Crippen LogP contribution in [-0.4, -0.2) is 48.8 Å². The monoisotopic (exact) mass is 284 g/mol. The number of hydrogen-bond acceptors (Lipinski definition) is 1. The molecule has 0 heterocycles. The second kappa shape index (κ2) is 7.04. The van der Waals surface area contributed by atoms with Crippen LogP contribution in [0.15, 0.2) is 48.5 Å². The Morgan fingerprint density at radius 2 is 1.79 bits per heavy atom. The van der Waals surface area contributed by atoms with Crippen LogP contribution in [0.3, 0.4) is 0 Å². The van der Waals surface area contributed by atoms with Gasteiger partial charge in [0.25, 0.3) is 0 Å². The quantitative estimate of drug-likeness (QED) is 0.878. The SMILES string of the molecule is CC(C(=O)O)c1ccc(-c2ccccc2)c(F)c1.[Ca+2]. The number of carboxylic acids is 1. The number of benzene rings is 2. The third-order valence-electron chi connectivity index (χ3n) is 2.95. The number of carboxylic acid groups (broad SMARTS) is 1. The van der Waals surface area contributed by atoms with Crippen molar-refractivity contribution in [2.45, 2.75) is 12.8 Å². The zero-order chi connectivity index (χ0) is 13.1. The summed E-state index contributed by atoms with van der Waals surface area (Å²) in [6.45, 7) is 1.54. The molecule has 19 heavy (non-hydrogen) atoms. The fourth-order valence-electron chi connectivity index (χ4n) is 1.80. The van der Waals surface area contributed by atoms with Crippen LogP contribution in [-0.2, 0) is 4.79 Å². The molecular weight excluding hydrogens is 271 g/mol. The van der Waals surface area contributed by atoms with Crippen LogP contribution >= 0.6 is 0 Å². The van der Waals surface area contributed by atoms with Crippen LogP contribution in [0.25, 0.3) is 11.1 Å². The molecule has 2 nitrogen and oxygen atoms in total. The fourth-order valence-corrected chi connectivity index (χ4v) is 1.80. The number of rotatable bonds is 3. The molecule has 0 aliphatic heterocycles. The Morgan fingerprint density at radius 3 is 2.32 bits per heavy atom. The van der Waals surface area contributed by atoms with Gasteiger partial charge in [0.2, 0.25) is 0 Å². The third-order valence-corrected chi connectivity index (χ3v) is 2.95. The zero-order valence-electron chi connectivity index (χ0n) is 10.6. The maximum atomic E-state index is 14.0. The van der Waals surface area contributed by atoms with Crippen molar-refractivity contribution in [2.24, 2.45) is 0 Å². The summed E-state index contributed by atoms with van der Waals surface area (Å²) in [5, 5.41) is 8.89. The van der Waals surface area contributed by atoms with Crippen molar-refractivity contribution in [2.75, 3.05) is 0 Å². The second-order valence-corrected chi connectivity index (χ2v) is 4.17. The van der Waals surface area contributed by atoms with Crippen molar-refractivity contribution in [3.63, 3.8) is 0 Å². The molecule has 2 aromatic carbocycles. The van der Waals surface area contributed by atoms with Crippen LogP contribution in [0.1, 0.15) is 18.4 Å². The molecule has 4 heteroatoms. The molecule has 0 saturated carbocycles. The van der Waals surface area contributed by atoms with Gasteiger partial charge in [-0.05, 0) is 24.1 Å². The molecule has 0 aliphatic carbocycles. The van der Waals surface area contributed by atoms with Gasteiger partial charge in [-0.25, -0.2) is 4.39 Å². The fraction of sp³-hybridized carbons (Fsp3) is 0.133. The maximum absolute atomic E-state index is 14.0. The van der Waals surface area contributed by atoms with Crippen LogP contribution < -0.4 is 0 Å². The van der Waals surface area contributed by atoms with Crippen LogP contribution in [0.4, 0.5) is 4.39 Å². The van der Waals surface area contributed by atoms with E-state index in [0.717, 1.165) is 5.56 Å². The first-order valence-corrected chi connectivity index (χ1v) is 5.67. The minimum absolute atomic E-state index is 0. The average Bonchev–Trinajstić information content (AvgIpc) is 2.38. The summed E-state index contributed by atoms with van der Waals surface area (Å²) in [6, 6.07) is 13.7. The smallest absolute Gasteiger partial charge is 0.481 e. The molecular formula is C15H13CaFO2+2. The summed E-state index contributed by atoms with van der Waals surface area (Å²) in [5.41, 5.74) is 1.74. The van der Waals surface area contributed by atoms with E-state index in [1.807, 2.05) is 30.3 Å². The van der Waals surface area contributed by atoms with E-state index in [1.165, 1.54) is 6.07 Å². The van der Waals surface area contributed by atoms with E-state index in [1.54, 1.807) is 19.1 Å². The van der Waals surface area contributed by atoms with Gasteiger partial charge in [-0.15, -0.1) is 0 Å². The molecule has 0 aliphatic rings. The van der Waals surface area contributed by atoms with Gasteiger partial charge in [0.05, 0.1) is 5.92 Å². The molecule has 2 aromatic rings. The first kappa shape index (κ1) is 16.2. The average molecular weight is 284 g/mol. The first-order chi connectivity index (χ1) is 8.59. The molecule has 92 valence electrons. The summed E-state index contributed by atoms with van der Waals surface area (Å²) in [6.07, 6.45) is 0. The van der Waals surface area contributed by atoms with Gasteiger partial charge in [-0.1, -0.05) is 42.5 Å². The van der Waals surface area contributed by atoms with Gasteiger partial charge >= 0.3 is 43.7 Å². The van der Waals surface area contributed by atoms with Crippen molar-refractivity contribution < 1.29 is 14.3 Å². The molecule has 0 bridgehead atoms. The minimum Gasteiger partial charge on any atom is -0.481 e. The molecule has 2 rings (SSSR count). The van der Waals surface area contributed by atoms with E-state index in [0.29, 0.717) is 11.1 Å². The summed E-state index contributed by atoms with van der Waals surface area (Å²) in [5.74, 6) is -2.06. The van der Waals surface area contributed by atoms with Crippen molar-refractivity contribution in [1.82, 2.24) is 0 Å². The number of aliphatic carboxylic acids is 1. The Balaban J connectivity index is 0.00000180. The molecule has 0 spiro atoms. The minimum atomic E-state index is -0.957. The van der Waals surface area contributed by atoms with Crippen LogP contribution in [0.2, 0.25) is 0 Å². The Labute approximate surface area is 141 Å². The van der Waals surface area contributed by atoms with Gasteiger partial charge in [-0.3, -0.25) is 4.79 Å². The molecule has 1 N–H and O–H groups in total. The summed E-state index contributed by atoms with van der Waals surface area (Å²) >= 11 is 0. The van der Waals surface area contributed by atoms with Crippen molar-refractivity contribution in [3.05, 3.63) is 59.9 Å². The Hall–Kier alpha value is -0.900. The van der Waals surface area contributed by atoms with Crippen LogP contribution in [0, 0.1) is 5.82 Å². The summed E-state index contributed by atoms with van der Waals surface area (Å²) in [7, 11) is 0. The topological polar surface area (TPSA) is 37.3 Å². The number of halogens is 1. The molecule has 0 amide bonds. The summed E-state index contributed by atoms with van der Waals surface area (Å²) in [4.78, 5) is 10.8. The summed E-state index contributed by atoms with van der Waals surface area (Å²) < 4.78 is 14.0. The molecule has 1 unspecified atom stereocenters. The third kappa shape index (κ3) is 3.78. The maximum Gasteiger partial charge on any atom is 2.00 e. The van der Waals surface area contributed by atoms with Gasteiger partial charge in [0.15, 0.2) is 0 Å². The second-order valence-electron chi connectivity index (χ2n) is 4.17. The predicted molar refractivity (Wildman–Crippen MR) is 73.6 cm³/mol. The van der Waals surface area contributed by atoms with E-state index >= 15 is 0 Å². The standard InChI is InChI=1S/C15H13FO2.Ca/c1-10(15(17)18)12-7-8-13(14(16)9-12)11-5-3-2-4-6-11;/h2-10H,1H3,(H,17,18);/q;+2. The van der Waals surface area contributed by atoms with E-state index < -0.39 is 17.7 Å². The molecule has 1 atom stereocenters. The van der Waals surface area contributed by atoms with Crippen molar-refractivity contribution >= 4 is 43.7 Å². The molecule has 0 fully saturated rings. The Kier molecular flexibility index (Phi) is 5.98. The molecule has 0 saturated heterocycles. The predicted octanol–water partition coefficient (Wildman–Crippen LogP) is 3.30. The van der Waals surface area contributed by atoms with Gasteiger partial charge in [-0.2, -0.15) is 0 Å². The van der Waals surface area contributed by atoms with Crippen molar-refractivity contribution in [1.29, 1.82) is 0 Å². The van der Waals surface area contributed by atoms with Gasteiger partial charge < -0.3 is 5.11 Å². The van der Waals surface area contributed by atoms with Gasteiger partial charge in [0.1, 0.15) is 5.82 Å². The van der Waals surface area contributed by atoms with E-state index in [2.05, 4.69) is 0 Å². The number of carbonyl (C=O) groups is 1. The molecule has 0 aromatic heterocycles. The first-order valence-electron chi connectivity index (χ1n) is 5.67.